The van der Waals surface area contributed by atoms with E-state index in [1.54, 1.807) is 0 Å². The quantitative estimate of drug-likeness (QED) is 0.574. The highest BCUT2D eigenvalue weighted by Crippen LogP contribution is 2.41. The highest BCUT2D eigenvalue weighted by molar-refractivity contribution is 6.07. The molecule has 0 spiro atoms. The number of carboxylic acids is 1. The second-order valence-corrected chi connectivity index (χ2v) is 5.47. The van der Waals surface area contributed by atoms with Crippen LogP contribution in [0.4, 0.5) is 26.3 Å². The van der Waals surface area contributed by atoms with Crippen LogP contribution in [-0.4, -0.2) is 29.3 Å². The minimum atomic E-state index is -5.19. The predicted octanol–water partition coefficient (Wildman–Crippen LogP) is 4.58. The number of alkyl halides is 6. The van der Waals surface area contributed by atoms with Crippen LogP contribution in [-0.2, 0) is 17.1 Å². The van der Waals surface area contributed by atoms with Crippen molar-refractivity contribution in [3.8, 4) is 16.9 Å². The van der Waals surface area contributed by atoms with Gasteiger partial charge in [0, 0.05) is 5.56 Å². The summed E-state index contributed by atoms with van der Waals surface area (Å²) < 4.78 is 83.0. The first-order valence-corrected chi connectivity index (χ1v) is 7.24. The predicted molar refractivity (Wildman–Crippen MR) is 81.8 cm³/mol. The topological polar surface area (TPSA) is 83.8 Å². The van der Waals surface area contributed by atoms with Crippen molar-refractivity contribution in [1.82, 2.24) is 0 Å². The number of carbonyl (C=O) groups is 2. The molecule has 2 aromatic rings. The molecule has 5 nitrogen and oxygen atoms in total. The molecule has 28 heavy (non-hydrogen) atoms. The molecule has 0 heterocycles. The summed E-state index contributed by atoms with van der Waals surface area (Å²) in [6.45, 7) is 0. The molecule has 0 aliphatic rings. The Hall–Kier alpha value is -3.24. The minimum Gasteiger partial charge on any atom is -0.507 e. The summed E-state index contributed by atoms with van der Waals surface area (Å²) in [5.41, 5.74) is -6.83. The summed E-state index contributed by atoms with van der Waals surface area (Å²) in [6.07, 6.45) is -10.4. The zero-order chi connectivity index (χ0) is 21.4. The van der Waals surface area contributed by atoms with Crippen LogP contribution in [0.2, 0.25) is 0 Å². The molecule has 0 atom stereocenters. The molecule has 0 aromatic heterocycles. The molecular weight excluding hydrogens is 398 g/mol. The number of phenols is 1. The van der Waals surface area contributed by atoms with Gasteiger partial charge in [0.15, 0.2) is 0 Å². The van der Waals surface area contributed by atoms with E-state index in [2.05, 4.69) is 4.74 Å². The van der Waals surface area contributed by atoms with Crippen LogP contribution >= 0.6 is 0 Å². The molecule has 2 N–H and O–H groups in total. The number of esters is 1. The zero-order valence-electron chi connectivity index (χ0n) is 13.8. The average molecular weight is 408 g/mol. The van der Waals surface area contributed by atoms with E-state index in [4.69, 9.17) is 0 Å². The molecular formula is C17H10F6O5. The van der Waals surface area contributed by atoms with Gasteiger partial charge in [0.05, 0.1) is 23.8 Å². The second-order valence-electron chi connectivity index (χ2n) is 5.47. The lowest BCUT2D eigenvalue weighted by molar-refractivity contribution is -0.143. The maximum atomic E-state index is 13.1. The molecule has 2 aromatic carbocycles. The largest absolute Gasteiger partial charge is 0.507 e. The van der Waals surface area contributed by atoms with Gasteiger partial charge in [-0.1, -0.05) is 0 Å². The van der Waals surface area contributed by atoms with Gasteiger partial charge in [0.25, 0.3) is 0 Å². The first kappa shape index (κ1) is 21.1. The summed E-state index contributed by atoms with van der Waals surface area (Å²) in [5, 5.41) is 19.1. The van der Waals surface area contributed by atoms with E-state index in [9.17, 15) is 46.1 Å². The summed E-state index contributed by atoms with van der Waals surface area (Å²) in [4.78, 5) is 23.4. The van der Waals surface area contributed by atoms with E-state index in [0.29, 0.717) is 0 Å². The molecule has 0 bridgehead atoms. The van der Waals surface area contributed by atoms with E-state index < -0.39 is 63.4 Å². The SMILES string of the molecule is COC(=O)c1ccc(O)c(C(=O)O)c1-c1cc(C(F)(F)F)cc(C(F)(F)F)c1. The summed E-state index contributed by atoms with van der Waals surface area (Å²) in [5.74, 6) is -4.05. The summed E-state index contributed by atoms with van der Waals surface area (Å²) in [6, 6.07) is 1.95. The Kier molecular flexibility index (Phi) is 5.31. The van der Waals surface area contributed by atoms with Crippen molar-refractivity contribution in [3.63, 3.8) is 0 Å². The number of carbonyl (C=O) groups excluding carboxylic acids is 1. The van der Waals surface area contributed by atoms with Gasteiger partial charge in [-0.2, -0.15) is 26.3 Å². The van der Waals surface area contributed by atoms with Crippen molar-refractivity contribution in [2.45, 2.75) is 12.4 Å². The number of ether oxygens (including phenoxy) is 1. The monoisotopic (exact) mass is 408 g/mol. The third-order valence-electron chi connectivity index (χ3n) is 3.68. The van der Waals surface area contributed by atoms with Crippen molar-refractivity contribution in [3.05, 3.63) is 52.6 Å². The normalized spacial score (nSPS) is 12.0. The van der Waals surface area contributed by atoms with Crippen LogP contribution in [0.5, 0.6) is 5.75 Å². The molecule has 0 aliphatic carbocycles. The minimum absolute atomic E-state index is 0.148. The Labute approximate surface area is 152 Å². The van der Waals surface area contributed by atoms with E-state index in [1.165, 1.54) is 0 Å². The number of halogens is 6. The number of benzene rings is 2. The summed E-state index contributed by atoms with van der Waals surface area (Å²) >= 11 is 0. The molecule has 150 valence electrons. The first-order valence-electron chi connectivity index (χ1n) is 7.24. The Morgan fingerprint density at radius 3 is 1.82 bits per heavy atom. The van der Waals surface area contributed by atoms with Crippen LogP contribution in [0, 0.1) is 0 Å². The standard InChI is InChI=1S/C17H10F6O5/c1-28-15(27)10-2-3-11(24)13(14(25)26)12(10)7-4-8(16(18,19)20)6-9(5-7)17(21,22)23/h2-6,24H,1H3,(H,25,26). The maximum absolute atomic E-state index is 13.1. The number of rotatable bonds is 3. The third-order valence-corrected chi connectivity index (χ3v) is 3.68. The van der Waals surface area contributed by atoms with Gasteiger partial charge in [-0.05, 0) is 35.9 Å². The Bertz CT molecular complexity index is 914. The molecule has 0 aliphatic heterocycles. The summed E-state index contributed by atoms with van der Waals surface area (Å²) in [7, 11) is 0.882. The molecule has 0 amide bonds. The van der Waals surface area contributed by atoms with Crippen LogP contribution < -0.4 is 0 Å². The van der Waals surface area contributed by atoms with Crippen molar-refractivity contribution >= 4 is 11.9 Å². The van der Waals surface area contributed by atoms with Gasteiger partial charge in [-0.3, -0.25) is 0 Å². The van der Waals surface area contributed by atoms with Gasteiger partial charge in [0.2, 0.25) is 0 Å². The van der Waals surface area contributed by atoms with Gasteiger partial charge in [-0.15, -0.1) is 0 Å². The van der Waals surface area contributed by atoms with Gasteiger partial charge < -0.3 is 14.9 Å². The molecule has 0 unspecified atom stereocenters. The Balaban J connectivity index is 2.99. The number of carboxylic acid groups (broad SMARTS) is 1. The number of hydrogen-bond donors (Lipinski definition) is 2. The molecule has 0 saturated carbocycles. The highest BCUT2D eigenvalue weighted by atomic mass is 19.4. The van der Waals surface area contributed by atoms with Crippen molar-refractivity contribution in [2.75, 3.05) is 7.11 Å². The van der Waals surface area contributed by atoms with Crippen LogP contribution in [0.25, 0.3) is 11.1 Å². The van der Waals surface area contributed by atoms with Gasteiger partial charge in [0.1, 0.15) is 11.3 Å². The van der Waals surface area contributed by atoms with E-state index in [1.807, 2.05) is 0 Å². The molecule has 0 radical (unpaired) electrons. The van der Waals surface area contributed by atoms with Gasteiger partial charge >= 0.3 is 24.3 Å². The molecule has 11 heteroatoms. The second kappa shape index (κ2) is 7.06. The Morgan fingerprint density at radius 1 is 0.929 bits per heavy atom. The number of methoxy groups -OCH3 is 1. The smallest absolute Gasteiger partial charge is 0.416 e. The fourth-order valence-corrected chi connectivity index (χ4v) is 2.49. The maximum Gasteiger partial charge on any atom is 0.416 e. The lowest BCUT2D eigenvalue weighted by Gasteiger charge is -2.17. The van der Waals surface area contributed by atoms with Crippen LogP contribution in [0.1, 0.15) is 31.8 Å². The van der Waals surface area contributed by atoms with Gasteiger partial charge in [-0.25, -0.2) is 9.59 Å². The highest BCUT2D eigenvalue weighted by Gasteiger charge is 2.38. The number of aromatic hydroxyl groups is 1. The Morgan fingerprint density at radius 2 is 1.43 bits per heavy atom. The lowest BCUT2D eigenvalue weighted by atomic mass is 9.91. The average Bonchev–Trinajstić information content (AvgIpc) is 2.58. The van der Waals surface area contributed by atoms with Crippen molar-refractivity contribution in [2.24, 2.45) is 0 Å². The lowest BCUT2D eigenvalue weighted by Crippen LogP contribution is -2.13. The van der Waals surface area contributed by atoms with E-state index in [0.717, 1.165) is 19.2 Å². The van der Waals surface area contributed by atoms with E-state index >= 15 is 0 Å². The fourth-order valence-electron chi connectivity index (χ4n) is 2.49. The number of hydrogen-bond acceptors (Lipinski definition) is 4. The van der Waals surface area contributed by atoms with Crippen LogP contribution in [0.3, 0.4) is 0 Å². The van der Waals surface area contributed by atoms with E-state index in [-0.39, 0.29) is 18.2 Å². The number of aromatic carboxylic acids is 1. The molecule has 0 saturated heterocycles. The molecule has 2 rings (SSSR count). The van der Waals surface area contributed by atoms with Crippen LogP contribution in [0.15, 0.2) is 30.3 Å². The molecule has 0 fully saturated rings. The first-order chi connectivity index (χ1) is 12.8. The van der Waals surface area contributed by atoms with Crippen molar-refractivity contribution < 1.29 is 50.9 Å². The van der Waals surface area contributed by atoms with Crippen molar-refractivity contribution in [1.29, 1.82) is 0 Å². The zero-order valence-corrected chi connectivity index (χ0v) is 13.8. The fraction of sp³-hybridized carbons (Fsp3) is 0.176. The third kappa shape index (κ3) is 4.02.